The third-order valence-corrected chi connectivity index (χ3v) is 7.79. The Balaban J connectivity index is 1.61. The van der Waals surface area contributed by atoms with E-state index in [9.17, 15) is 14.4 Å². The molecule has 3 fully saturated rings. The van der Waals surface area contributed by atoms with Gasteiger partial charge >= 0.3 is 0 Å². The Hall–Kier alpha value is -1.30. The first kappa shape index (κ1) is 19.0. The fraction of sp³-hybridized carbons (Fsp3) is 0.762. The number of amides is 3. The number of piperidine rings is 1. The Morgan fingerprint density at radius 3 is 2.19 bits per heavy atom. The van der Waals surface area contributed by atoms with E-state index >= 15 is 0 Å². The molecular weight excluding hydrogens is 360 g/mol. The van der Waals surface area contributed by atoms with Gasteiger partial charge in [-0.25, -0.2) is 0 Å². The van der Waals surface area contributed by atoms with Gasteiger partial charge in [0.25, 0.3) is 0 Å². The van der Waals surface area contributed by atoms with Crippen molar-refractivity contribution in [2.45, 2.75) is 64.1 Å². The maximum Gasteiger partial charge on any atom is 0.246 e. The monoisotopic (exact) mass is 390 g/mol. The van der Waals surface area contributed by atoms with Crippen LogP contribution in [0.2, 0.25) is 0 Å². The summed E-state index contributed by atoms with van der Waals surface area (Å²) >= 11 is 1.66. The van der Waals surface area contributed by atoms with E-state index in [2.05, 4.69) is 26.0 Å². The molecule has 0 radical (unpaired) electrons. The van der Waals surface area contributed by atoms with Gasteiger partial charge in [-0.15, -0.1) is 0 Å². The lowest BCUT2D eigenvalue weighted by Gasteiger charge is -2.42. The van der Waals surface area contributed by atoms with Gasteiger partial charge in [-0.1, -0.05) is 12.2 Å². The van der Waals surface area contributed by atoms with Crippen molar-refractivity contribution in [1.29, 1.82) is 0 Å². The molecule has 7 unspecified atom stereocenters. The largest absolute Gasteiger partial charge is 0.335 e. The smallest absolute Gasteiger partial charge is 0.246 e. The molecular formula is C21H30N2O3S. The fourth-order valence-corrected chi connectivity index (χ4v) is 6.31. The van der Waals surface area contributed by atoms with E-state index < -0.39 is 6.04 Å². The summed E-state index contributed by atoms with van der Waals surface area (Å²) in [6, 6.07) is -0.295. The van der Waals surface area contributed by atoms with Crippen LogP contribution in [0.4, 0.5) is 0 Å². The second-order valence-corrected chi connectivity index (χ2v) is 9.70. The van der Waals surface area contributed by atoms with Crippen molar-refractivity contribution in [2.24, 2.45) is 23.7 Å². The van der Waals surface area contributed by atoms with Crippen LogP contribution >= 0.6 is 11.8 Å². The molecule has 0 aromatic carbocycles. The van der Waals surface area contributed by atoms with Crippen molar-refractivity contribution in [1.82, 2.24) is 9.80 Å². The maximum absolute atomic E-state index is 13.6. The minimum absolute atomic E-state index is 0.0225. The van der Waals surface area contributed by atoms with E-state index in [-0.39, 0.29) is 53.5 Å². The number of fused-ring (bicyclic) bond motifs is 5. The highest BCUT2D eigenvalue weighted by Gasteiger charge is 2.61. The Labute approximate surface area is 165 Å². The van der Waals surface area contributed by atoms with Crippen LogP contribution in [0.5, 0.6) is 0 Å². The van der Waals surface area contributed by atoms with E-state index in [4.69, 9.17) is 0 Å². The van der Waals surface area contributed by atoms with Crippen LogP contribution in [-0.4, -0.2) is 57.7 Å². The first-order chi connectivity index (χ1) is 13.0. The predicted octanol–water partition coefficient (Wildman–Crippen LogP) is 2.70. The molecule has 2 saturated heterocycles. The van der Waals surface area contributed by atoms with Crippen molar-refractivity contribution >= 4 is 29.5 Å². The van der Waals surface area contributed by atoms with Crippen LogP contribution in [0.1, 0.15) is 46.0 Å². The SMILES string of the molecule is CSCCC(C(=O)N1C(C)CCCC1C)N1C(=O)C2C3C=CC(C3)C2C1=O. The number of hydrogen-bond acceptors (Lipinski definition) is 4. The molecule has 2 heterocycles. The van der Waals surface area contributed by atoms with Crippen molar-refractivity contribution in [2.75, 3.05) is 12.0 Å². The van der Waals surface area contributed by atoms with E-state index in [1.165, 1.54) is 4.90 Å². The van der Waals surface area contributed by atoms with Gasteiger partial charge < -0.3 is 4.90 Å². The molecule has 2 aliphatic heterocycles. The van der Waals surface area contributed by atoms with E-state index in [1.54, 1.807) is 11.8 Å². The number of imide groups is 1. The van der Waals surface area contributed by atoms with Gasteiger partial charge in [0.15, 0.2) is 0 Å². The molecule has 7 atom stereocenters. The normalized spacial score (nSPS) is 38.6. The molecule has 2 bridgehead atoms. The molecule has 6 heteroatoms. The molecule has 4 rings (SSSR count). The minimum Gasteiger partial charge on any atom is -0.335 e. The zero-order valence-electron chi connectivity index (χ0n) is 16.5. The van der Waals surface area contributed by atoms with Gasteiger partial charge in [0, 0.05) is 12.1 Å². The molecule has 0 aromatic heterocycles. The summed E-state index contributed by atoms with van der Waals surface area (Å²) < 4.78 is 0. The van der Waals surface area contributed by atoms with E-state index in [0.29, 0.717) is 6.42 Å². The Morgan fingerprint density at radius 1 is 1.11 bits per heavy atom. The predicted molar refractivity (Wildman–Crippen MR) is 106 cm³/mol. The van der Waals surface area contributed by atoms with Gasteiger partial charge in [-0.05, 0) is 69.8 Å². The molecule has 27 heavy (non-hydrogen) atoms. The molecule has 5 nitrogen and oxygen atoms in total. The van der Waals surface area contributed by atoms with Crippen molar-refractivity contribution < 1.29 is 14.4 Å². The summed E-state index contributed by atoms with van der Waals surface area (Å²) in [5, 5.41) is 0. The Bertz CT molecular complexity index is 638. The number of allylic oxidation sites excluding steroid dienone is 2. The number of hydrogen-bond donors (Lipinski definition) is 0. The first-order valence-electron chi connectivity index (χ1n) is 10.3. The summed E-state index contributed by atoms with van der Waals surface area (Å²) in [6.45, 7) is 4.18. The zero-order chi connectivity index (χ0) is 19.3. The van der Waals surface area contributed by atoms with Crippen molar-refractivity contribution in [3.63, 3.8) is 0 Å². The van der Waals surface area contributed by atoms with Crippen molar-refractivity contribution in [3.05, 3.63) is 12.2 Å². The van der Waals surface area contributed by atoms with Gasteiger partial charge in [-0.2, -0.15) is 11.8 Å². The summed E-state index contributed by atoms with van der Waals surface area (Å²) in [6.07, 6.45) is 10.8. The Morgan fingerprint density at radius 2 is 1.67 bits per heavy atom. The minimum atomic E-state index is -0.634. The molecule has 4 aliphatic rings. The number of nitrogens with zero attached hydrogens (tertiary/aromatic N) is 2. The summed E-state index contributed by atoms with van der Waals surface area (Å²) in [5.74, 6) is 0.463. The lowest BCUT2D eigenvalue weighted by molar-refractivity contribution is -0.155. The van der Waals surface area contributed by atoms with Crippen LogP contribution in [0.3, 0.4) is 0 Å². The molecule has 0 aromatic rings. The third-order valence-electron chi connectivity index (χ3n) is 7.14. The number of rotatable bonds is 5. The topological polar surface area (TPSA) is 57.7 Å². The van der Waals surface area contributed by atoms with Gasteiger partial charge in [0.2, 0.25) is 17.7 Å². The number of thioether (sulfide) groups is 1. The van der Waals surface area contributed by atoms with Crippen LogP contribution in [0.15, 0.2) is 12.2 Å². The molecule has 0 N–H and O–H groups in total. The lowest BCUT2D eigenvalue weighted by Crippen LogP contribution is -2.57. The summed E-state index contributed by atoms with van der Waals surface area (Å²) in [7, 11) is 0. The molecule has 2 aliphatic carbocycles. The summed E-state index contributed by atoms with van der Waals surface area (Å²) in [5.41, 5.74) is 0. The maximum atomic E-state index is 13.6. The second-order valence-electron chi connectivity index (χ2n) is 8.72. The quantitative estimate of drug-likeness (QED) is 0.535. The van der Waals surface area contributed by atoms with Crippen LogP contribution in [0, 0.1) is 23.7 Å². The highest BCUT2D eigenvalue weighted by Crippen LogP contribution is 2.53. The molecule has 3 amide bonds. The van der Waals surface area contributed by atoms with Crippen LogP contribution in [0.25, 0.3) is 0 Å². The lowest BCUT2D eigenvalue weighted by atomic mass is 9.85. The average molecular weight is 391 g/mol. The van der Waals surface area contributed by atoms with Gasteiger partial charge in [-0.3, -0.25) is 19.3 Å². The second kappa shape index (κ2) is 7.26. The summed E-state index contributed by atoms with van der Waals surface area (Å²) in [4.78, 5) is 43.4. The average Bonchev–Trinajstić information content (AvgIpc) is 3.31. The van der Waals surface area contributed by atoms with Gasteiger partial charge in [0.1, 0.15) is 6.04 Å². The first-order valence-corrected chi connectivity index (χ1v) is 11.7. The van der Waals surface area contributed by atoms with Crippen LogP contribution in [-0.2, 0) is 14.4 Å². The van der Waals surface area contributed by atoms with E-state index in [1.807, 2.05) is 11.2 Å². The number of likely N-dealkylation sites (tertiary alicyclic amines) is 2. The molecule has 0 spiro atoms. The zero-order valence-corrected chi connectivity index (χ0v) is 17.3. The number of carbonyl (C=O) groups is 3. The highest BCUT2D eigenvalue weighted by atomic mass is 32.2. The van der Waals surface area contributed by atoms with Crippen molar-refractivity contribution in [3.8, 4) is 0 Å². The fourth-order valence-electron chi connectivity index (χ4n) is 5.85. The van der Waals surface area contributed by atoms with Crippen LogP contribution < -0.4 is 0 Å². The standard InChI is InChI=1S/C21H30N2O3S/c1-12-5-4-6-13(2)22(12)19(24)16(9-10-27-3)23-20(25)17-14-7-8-15(11-14)18(17)21(23)26/h7-8,12-18H,4-6,9-11H2,1-3H3. The van der Waals surface area contributed by atoms with E-state index in [0.717, 1.165) is 31.4 Å². The third kappa shape index (κ3) is 2.95. The number of carbonyl (C=O) groups excluding carboxylic acids is 3. The highest BCUT2D eigenvalue weighted by molar-refractivity contribution is 7.98. The Kier molecular flexibility index (Phi) is 5.12. The molecule has 148 valence electrons. The molecule has 1 saturated carbocycles. The van der Waals surface area contributed by atoms with Gasteiger partial charge in [0.05, 0.1) is 11.8 Å².